The Morgan fingerprint density at radius 3 is 2.33 bits per heavy atom. The summed E-state index contributed by atoms with van der Waals surface area (Å²) in [7, 11) is 0. The summed E-state index contributed by atoms with van der Waals surface area (Å²) in [5.41, 5.74) is 8.38. The van der Waals surface area contributed by atoms with Crippen molar-refractivity contribution in [1.29, 1.82) is 0 Å². The highest BCUT2D eigenvalue weighted by Gasteiger charge is 2.12. The van der Waals surface area contributed by atoms with Crippen molar-refractivity contribution in [3.63, 3.8) is 0 Å². The summed E-state index contributed by atoms with van der Waals surface area (Å²) in [6.07, 6.45) is 0. The van der Waals surface area contributed by atoms with Crippen molar-refractivity contribution in [2.75, 3.05) is 5.73 Å². The second kappa shape index (κ2) is 5.34. The zero-order chi connectivity index (χ0) is 15.1. The van der Waals surface area contributed by atoms with E-state index in [9.17, 15) is 0 Å². The highest BCUT2D eigenvalue weighted by molar-refractivity contribution is 6.38. The fourth-order valence-electron chi connectivity index (χ4n) is 2.17. The normalized spacial score (nSPS) is 11.0. The molecule has 2 N–H and O–H groups in total. The highest BCUT2D eigenvalue weighted by atomic mass is 35.5. The third kappa shape index (κ3) is 2.77. The molecule has 21 heavy (non-hydrogen) atoms. The topological polar surface area (TPSA) is 51.8 Å². The first-order valence-electron chi connectivity index (χ1n) is 6.14. The Hall–Kier alpha value is -1.55. The lowest BCUT2D eigenvalue weighted by Crippen LogP contribution is -1.98. The zero-order valence-electron chi connectivity index (χ0n) is 11.0. The quantitative estimate of drug-likeness (QED) is 0.667. The third-order valence-electron chi connectivity index (χ3n) is 3.05. The van der Waals surface area contributed by atoms with Gasteiger partial charge in [-0.1, -0.05) is 34.8 Å². The van der Waals surface area contributed by atoms with Crippen LogP contribution in [0, 0.1) is 6.92 Å². The minimum atomic E-state index is 0.331. The predicted molar refractivity (Wildman–Crippen MR) is 89.2 cm³/mol. The summed E-state index contributed by atoms with van der Waals surface area (Å²) in [5, 5.41) is 2.19. The van der Waals surface area contributed by atoms with E-state index in [4.69, 9.17) is 40.5 Å². The van der Waals surface area contributed by atoms with Gasteiger partial charge in [-0.15, -0.1) is 0 Å². The van der Waals surface area contributed by atoms with Crippen molar-refractivity contribution in [2.24, 2.45) is 0 Å². The van der Waals surface area contributed by atoms with Crippen LogP contribution in [0.25, 0.3) is 22.3 Å². The van der Waals surface area contributed by atoms with Crippen LogP contribution in [0.5, 0.6) is 0 Å². The number of aryl methyl sites for hydroxylation is 1. The first kappa shape index (κ1) is 14.4. The van der Waals surface area contributed by atoms with Gasteiger partial charge in [0.15, 0.2) is 5.82 Å². The van der Waals surface area contributed by atoms with Crippen LogP contribution >= 0.6 is 34.8 Å². The molecule has 2 aromatic carbocycles. The van der Waals surface area contributed by atoms with Gasteiger partial charge in [0.1, 0.15) is 5.82 Å². The summed E-state index contributed by atoms with van der Waals surface area (Å²) in [6, 6.07) is 8.92. The Bertz CT molecular complexity index is 842. The van der Waals surface area contributed by atoms with Gasteiger partial charge in [0.05, 0.1) is 10.5 Å². The fourth-order valence-corrected chi connectivity index (χ4v) is 3.00. The molecule has 1 heterocycles. The van der Waals surface area contributed by atoms with Crippen LogP contribution in [-0.2, 0) is 0 Å². The third-order valence-corrected chi connectivity index (χ3v) is 3.77. The molecular weight excluding hydrogens is 329 g/mol. The van der Waals surface area contributed by atoms with Gasteiger partial charge in [0.25, 0.3) is 0 Å². The van der Waals surface area contributed by atoms with Crippen LogP contribution < -0.4 is 5.73 Å². The summed E-state index contributed by atoms with van der Waals surface area (Å²) < 4.78 is 0. The van der Waals surface area contributed by atoms with E-state index >= 15 is 0 Å². The van der Waals surface area contributed by atoms with Crippen LogP contribution in [-0.4, -0.2) is 9.97 Å². The Morgan fingerprint density at radius 2 is 1.62 bits per heavy atom. The monoisotopic (exact) mass is 337 g/mol. The predicted octanol–water partition coefficient (Wildman–Crippen LogP) is 5.15. The van der Waals surface area contributed by atoms with Crippen LogP contribution in [0.4, 0.5) is 5.82 Å². The Morgan fingerprint density at radius 1 is 0.905 bits per heavy atom. The highest BCUT2D eigenvalue weighted by Crippen LogP contribution is 2.32. The number of nitrogen functional groups attached to an aromatic ring is 1. The van der Waals surface area contributed by atoms with E-state index < -0.39 is 0 Å². The molecule has 3 rings (SSSR count). The van der Waals surface area contributed by atoms with Gasteiger partial charge >= 0.3 is 0 Å². The number of rotatable bonds is 1. The summed E-state index contributed by atoms with van der Waals surface area (Å²) >= 11 is 18.3. The number of halogens is 3. The van der Waals surface area contributed by atoms with Gasteiger partial charge in [-0.05, 0) is 42.8 Å². The lowest BCUT2D eigenvalue weighted by molar-refractivity contribution is 1.23. The number of nitrogens with two attached hydrogens (primary N) is 1. The van der Waals surface area contributed by atoms with Crippen LogP contribution in [0.3, 0.4) is 0 Å². The number of nitrogens with zero attached hydrogens (tertiary/aromatic N) is 2. The minimum Gasteiger partial charge on any atom is -0.383 e. The van der Waals surface area contributed by atoms with E-state index in [1.54, 1.807) is 18.2 Å². The average Bonchev–Trinajstić information content (AvgIpc) is 2.38. The molecule has 0 radical (unpaired) electrons. The summed E-state index contributed by atoms with van der Waals surface area (Å²) in [5.74, 6) is 0.812. The molecular formula is C15H10Cl3N3. The van der Waals surface area contributed by atoms with Gasteiger partial charge < -0.3 is 5.73 Å². The van der Waals surface area contributed by atoms with E-state index in [1.807, 2.05) is 19.1 Å². The maximum atomic E-state index is 6.20. The van der Waals surface area contributed by atoms with Crippen LogP contribution in [0.15, 0.2) is 30.3 Å². The molecule has 0 saturated heterocycles. The first-order valence-corrected chi connectivity index (χ1v) is 7.27. The van der Waals surface area contributed by atoms with Crippen molar-refractivity contribution in [1.82, 2.24) is 9.97 Å². The van der Waals surface area contributed by atoms with Crippen molar-refractivity contribution in [2.45, 2.75) is 6.92 Å². The summed E-state index contributed by atoms with van der Waals surface area (Å²) in [4.78, 5) is 8.82. The molecule has 3 nitrogen and oxygen atoms in total. The minimum absolute atomic E-state index is 0.331. The molecule has 106 valence electrons. The van der Waals surface area contributed by atoms with Crippen LogP contribution in [0.1, 0.15) is 5.56 Å². The van der Waals surface area contributed by atoms with Gasteiger partial charge in [-0.2, -0.15) is 0 Å². The Balaban J connectivity index is 2.30. The van der Waals surface area contributed by atoms with Gasteiger partial charge in [0.2, 0.25) is 0 Å². The second-order valence-electron chi connectivity index (χ2n) is 4.73. The first-order chi connectivity index (χ1) is 9.94. The molecule has 0 saturated carbocycles. The van der Waals surface area contributed by atoms with Gasteiger partial charge in [0, 0.05) is 21.0 Å². The van der Waals surface area contributed by atoms with E-state index in [0.29, 0.717) is 37.6 Å². The lowest BCUT2D eigenvalue weighted by atomic mass is 10.1. The number of anilines is 1. The van der Waals surface area contributed by atoms with Crippen molar-refractivity contribution >= 4 is 51.5 Å². The fraction of sp³-hybridized carbons (Fsp3) is 0.0667. The molecule has 0 spiro atoms. The molecule has 0 bridgehead atoms. The zero-order valence-corrected chi connectivity index (χ0v) is 13.3. The smallest absolute Gasteiger partial charge is 0.162 e. The second-order valence-corrected chi connectivity index (χ2v) is 6.01. The molecule has 0 aliphatic carbocycles. The molecule has 0 fully saturated rings. The van der Waals surface area contributed by atoms with Gasteiger partial charge in [-0.25, -0.2) is 9.97 Å². The van der Waals surface area contributed by atoms with E-state index in [2.05, 4.69) is 9.97 Å². The molecule has 0 aliphatic heterocycles. The number of hydrogen-bond donors (Lipinski definition) is 1. The van der Waals surface area contributed by atoms with Crippen LogP contribution in [0.2, 0.25) is 15.1 Å². The Kier molecular flexibility index (Phi) is 3.66. The average molecular weight is 339 g/mol. The molecule has 0 unspecified atom stereocenters. The summed E-state index contributed by atoms with van der Waals surface area (Å²) in [6.45, 7) is 1.95. The largest absolute Gasteiger partial charge is 0.383 e. The maximum Gasteiger partial charge on any atom is 0.162 e. The number of fused-ring (bicyclic) bond motifs is 1. The standard InChI is InChI=1S/C15H10Cl3N3/c1-7-2-8(4-9(16)3-7)15-20-13-11(14(19)21-15)5-10(17)6-12(13)18/h2-6H,1H3,(H2,19,20,21). The van der Waals surface area contributed by atoms with E-state index in [0.717, 1.165) is 11.1 Å². The van der Waals surface area contributed by atoms with E-state index in [-0.39, 0.29) is 0 Å². The number of hydrogen-bond acceptors (Lipinski definition) is 3. The molecule has 1 aromatic heterocycles. The number of aromatic nitrogens is 2. The molecule has 0 atom stereocenters. The molecule has 6 heteroatoms. The lowest BCUT2D eigenvalue weighted by Gasteiger charge is -2.08. The van der Waals surface area contributed by atoms with Gasteiger partial charge in [-0.3, -0.25) is 0 Å². The Labute approximate surface area is 136 Å². The molecule has 3 aromatic rings. The van der Waals surface area contributed by atoms with E-state index in [1.165, 1.54) is 0 Å². The van der Waals surface area contributed by atoms with Crippen molar-refractivity contribution < 1.29 is 0 Å². The molecule has 0 amide bonds. The maximum absolute atomic E-state index is 6.20. The van der Waals surface area contributed by atoms with Crippen molar-refractivity contribution in [3.8, 4) is 11.4 Å². The van der Waals surface area contributed by atoms with Crippen molar-refractivity contribution in [3.05, 3.63) is 51.0 Å². The SMILES string of the molecule is Cc1cc(Cl)cc(-c2nc(N)c3cc(Cl)cc(Cl)c3n2)c1. The number of benzene rings is 2. The molecule has 0 aliphatic rings.